The molecule has 7 nitrogen and oxygen atoms in total. The maximum absolute atomic E-state index is 13.2. The van der Waals surface area contributed by atoms with Crippen LogP contribution in [0.1, 0.15) is 11.1 Å². The van der Waals surface area contributed by atoms with Gasteiger partial charge in [0.1, 0.15) is 10.7 Å². The number of hydrogen-bond acceptors (Lipinski definition) is 7. The van der Waals surface area contributed by atoms with Gasteiger partial charge in [-0.05, 0) is 35.4 Å². The normalized spacial score (nSPS) is 17.5. The molecule has 180 valence electrons. The lowest BCUT2D eigenvalue weighted by molar-refractivity contribution is -0.147. The number of benzene rings is 2. The van der Waals surface area contributed by atoms with Crippen molar-refractivity contribution in [3.8, 4) is 22.8 Å². The van der Waals surface area contributed by atoms with E-state index in [1.54, 1.807) is 26.5 Å². The van der Waals surface area contributed by atoms with Gasteiger partial charge < -0.3 is 19.5 Å². The summed E-state index contributed by atoms with van der Waals surface area (Å²) in [6.07, 6.45) is 3.56. The van der Waals surface area contributed by atoms with Crippen LogP contribution in [0.25, 0.3) is 17.3 Å². The Hall–Kier alpha value is -3.43. The first-order chi connectivity index (χ1) is 16.9. The zero-order valence-electron chi connectivity index (χ0n) is 19.1. The predicted octanol–water partition coefficient (Wildman–Crippen LogP) is 4.59. The quantitative estimate of drug-likeness (QED) is 0.340. The fourth-order valence-corrected chi connectivity index (χ4v) is 5.47. The highest BCUT2D eigenvalue weighted by Gasteiger charge is 2.41. The molecule has 0 bridgehead atoms. The van der Waals surface area contributed by atoms with Gasteiger partial charge in [-0.1, -0.05) is 54.2 Å². The first-order valence-electron chi connectivity index (χ1n) is 10.8. The molecule has 1 saturated heterocycles. The number of ether oxygens (including phenoxy) is 2. The number of hydrogen-bond donors (Lipinski definition) is 2. The van der Waals surface area contributed by atoms with Crippen LogP contribution >= 0.6 is 24.4 Å². The Balaban J connectivity index is 1.57. The van der Waals surface area contributed by atoms with E-state index in [4.69, 9.17) is 9.47 Å². The summed E-state index contributed by atoms with van der Waals surface area (Å²) in [7, 11) is 3.15. The molecule has 0 spiro atoms. The van der Waals surface area contributed by atoms with Crippen molar-refractivity contribution in [3.05, 3.63) is 82.9 Å². The maximum atomic E-state index is 13.2. The monoisotopic (exact) mass is 508 g/mol. The second-order valence-electron chi connectivity index (χ2n) is 7.73. The Morgan fingerprint density at radius 3 is 2.54 bits per heavy atom. The SMILES string of the molecule is COc1cccc(-c2ccc(/C=C3\SC(S)N([C@@H](Cc4ccccc4)C(=O)O)C3=O)cn2)c1OC. The number of thioether (sulfide) groups is 1. The molecule has 4 rings (SSSR count). The van der Waals surface area contributed by atoms with E-state index in [1.807, 2.05) is 60.7 Å². The number of rotatable bonds is 8. The molecule has 2 aromatic carbocycles. The van der Waals surface area contributed by atoms with Gasteiger partial charge in [-0.15, -0.1) is 12.6 Å². The molecule has 0 saturated carbocycles. The van der Waals surface area contributed by atoms with E-state index in [1.165, 1.54) is 16.7 Å². The first kappa shape index (κ1) is 24.7. The number of carbonyl (C=O) groups is 2. The van der Waals surface area contributed by atoms with Crippen LogP contribution in [-0.4, -0.2) is 51.8 Å². The molecule has 0 radical (unpaired) electrons. The highest BCUT2D eigenvalue weighted by Crippen LogP contribution is 2.40. The summed E-state index contributed by atoms with van der Waals surface area (Å²) in [5.74, 6) is -0.241. The lowest BCUT2D eigenvalue weighted by Gasteiger charge is -2.26. The molecule has 1 unspecified atom stereocenters. The Morgan fingerprint density at radius 1 is 1.14 bits per heavy atom. The Kier molecular flexibility index (Phi) is 7.67. The summed E-state index contributed by atoms with van der Waals surface area (Å²) < 4.78 is 10.2. The van der Waals surface area contributed by atoms with E-state index in [9.17, 15) is 14.7 Å². The van der Waals surface area contributed by atoms with E-state index in [2.05, 4.69) is 17.6 Å². The van der Waals surface area contributed by atoms with E-state index in [0.717, 1.165) is 11.1 Å². The van der Waals surface area contributed by atoms with E-state index < -0.39 is 16.7 Å². The number of carbonyl (C=O) groups excluding carboxylic acids is 1. The number of aliphatic carboxylic acids is 1. The molecular formula is C26H24N2O5S2. The highest BCUT2D eigenvalue weighted by atomic mass is 32.2. The minimum absolute atomic E-state index is 0.200. The van der Waals surface area contributed by atoms with Crippen LogP contribution in [0.2, 0.25) is 0 Å². The minimum Gasteiger partial charge on any atom is -0.493 e. The van der Waals surface area contributed by atoms with Gasteiger partial charge in [0.25, 0.3) is 5.91 Å². The lowest BCUT2D eigenvalue weighted by atomic mass is 10.0. The second kappa shape index (κ2) is 10.9. The van der Waals surface area contributed by atoms with Crippen LogP contribution < -0.4 is 9.47 Å². The number of methoxy groups -OCH3 is 2. The number of nitrogens with zero attached hydrogens (tertiary/aromatic N) is 2. The summed E-state index contributed by atoms with van der Waals surface area (Å²) in [4.78, 5) is 31.5. The standard InChI is InChI=1S/C26H24N2O5S2/c1-32-21-10-6-9-18(23(21)33-2)19-12-11-17(15-27-19)14-22-24(29)28(26(34)35-22)20(25(30)31)13-16-7-4-3-5-8-16/h3-12,14-15,20,26,34H,13H2,1-2H3,(H,30,31)/b22-14-/t20-,26?/m0/s1. The number of amides is 1. The molecule has 35 heavy (non-hydrogen) atoms. The highest BCUT2D eigenvalue weighted by molar-refractivity contribution is 8.14. The van der Waals surface area contributed by atoms with E-state index >= 15 is 0 Å². The second-order valence-corrected chi connectivity index (χ2v) is 9.69. The summed E-state index contributed by atoms with van der Waals surface area (Å²) >= 11 is 5.72. The van der Waals surface area contributed by atoms with E-state index in [-0.39, 0.29) is 12.3 Å². The summed E-state index contributed by atoms with van der Waals surface area (Å²) in [5, 5.41) is 9.84. The summed E-state index contributed by atoms with van der Waals surface area (Å²) in [5.41, 5.74) is 3.02. The van der Waals surface area contributed by atoms with Crippen molar-refractivity contribution in [1.29, 1.82) is 0 Å². The Bertz CT molecular complexity index is 1250. The fourth-order valence-electron chi connectivity index (χ4n) is 3.87. The van der Waals surface area contributed by atoms with Crippen molar-refractivity contribution in [1.82, 2.24) is 9.88 Å². The average Bonchev–Trinajstić information content (AvgIpc) is 3.15. The molecule has 1 amide bonds. The lowest BCUT2D eigenvalue weighted by Crippen LogP contribution is -2.46. The van der Waals surface area contributed by atoms with Gasteiger partial charge in [-0.2, -0.15) is 0 Å². The first-order valence-corrected chi connectivity index (χ1v) is 12.2. The Morgan fingerprint density at radius 2 is 1.91 bits per heavy atom. The van der Waals surface area contributed by atoms with Crippen LogP contribution in [0, 0.1) is 0 Å². The molecule has 1 aliphatic heterocycles. The van der Waals surface area contributed by atoms with Gasteiger partial charge in [0.15, 0.2) is 11.5 Å². The average molecular weight is 509 g/mol. The number of pyridine rings is 1. The van der Waals surface area contributed by atoms with Crippen molar-refractivity contribution < 1.29 is 24.2 Å². The zero-order chi connectivity index (χ0) is 24.9. The van der Waals surface area contributed by atoms with Gasteiger partial charge in [0.05, 0.1) is 24.8 Å². The van der Waals surface area contributed by atoms with Crippen LogP contribution in [0.5, 0.6) is 11.5 Å². The molecular weight excluding hydrogens is 484 g/mol. The topological polar surface area (TPSA) is 89.0 Å². The van der Waals surface area contributed by atoms with Gasteiger partial charge >= 0.3 is 5.97 Å². The van der Waals surface area contributed by atoms with Crippen molar-refractivity contribution in [2.24, 2.45) is 0 Å². The number of carboxylic acid groups (broad SMARTS) is 1. The molecule has 3 aromatic rings. The third-order valence-electron chi connectivity index (χ3n) is 5.57. The van der Waals surface area contributed by atoms with Gasteiger partial charge in [-0.25, -0.2) is 4.79 Å². The maximum Gasteiger partial charge on any atom is 0.326 e. The summed E-state index contributed by atoms with van der Waals surface area (Å²) in [6.45, 7) is 0. The molecule has 1 N–H and O–H groups in total. The van der Waals surface area contributed by atoms with Crippen LogP contribution in [0.4, 0.5) is 0 Å². The number of carboxylic acids is 1. The number of aromatic nitrogens is 1. The van der Waals surface area contributed by atoms with Crippen molar-refractivity contribution in [2.75, 3.05) is 14.2 Å². The van der Waals surface area contributed by atoms with Gasteiger partial charge in [0.2, 0.25) is 0 Å². The van der Waals surface area contributed by atoms with Crippen LogP contribution in [0.3, 0.4) is 0 Å². The van der Waals surface area contributed by atoms with Crippen LogP contribution in [-0.2, 0) is 16.0 Å². The van der Waals surface area contributed by atoms with Crippen molar-refractivity contribution in [2.45, 2.75) is 17.2 Å². The molecule has 9 heteroatoms. The van der Waals surface area contributed by atoms with Crippen LogP contribution in [0.15, 0.2) is 71.8 Å². The molecule has 1 aromatic heterocycles. The van der Waals surface area contributed by atoms with Gasteiger partial charge in [-0.3, -0.25) is 9.78 Å². The smallest absolute Gasteiger partial charge is 0.326 e. The van der Waals surface area contributed by atoms with Gasteiger partial charge in [0, 0.05) is 18.2 Å². The largest absolute Gasteiger partial charge is 0.493 e. The van der Waals surface area contributed by atoms with Crippen molar-refractivity contribution >= 4 is 42.3 Å². The molecule has 0 aliphatic carbocycles. The van der Waals surface area contributed by atoms with E-state index in [0.29, 0.717) is 27.7 Å². The number of thiol groups is 1. The Labute approximate surface area is 213 Å². The third kappa shape index (κ3) is 5.31. The predicted molar refractivity (Wildman–Crippen MR) is 140 cm³/mol. The molecule has 1 aliphatic rings. The third-order valence-corrected chi connectivity index (χ3v) is 7.12. The fraction of sp³-hybridized carbons (Fsp3) is 0.192. The molecule has 2 heterocycles. The zero-order valence-corrected chi connectivity index (χ0v) is 20.8. The number of para-hydroxylation sites is 1. The summed E-state index contributed by atoms with van der Waals surface area (Å²) in [6, 6.07) is 17.5. The molecule has 2 atom stereocenters. The minimum atomic E-state index is -1.07. The van der Waals surface area contributed by atoms with Crippen molar-refractivity contribution in [3.63, 3.8) is 0 Å². The molecule has 1 fully saturated rings.